The van der Waals surface area contributed by atoms with E-state index in [0.717, 1.165) is 17.7 Å². The summed E-state index contributed by atoms with van der Waals surface area (Å²) in [6, 6.07) is 2.15. The molecule has 5 heteroatoms. The summed E-state index contributed by atoms with van der Waals surface area (Å²) in [5, 5.41) is 29.0. The largest absolute Gasteiger partial charge is 0.396 e. The van der Waals surface area contributed by atoms with Crippen molar-refractivity contribution >= 4 is 5.82 Å². The Hall–Kier alpha value is -1.67. The molecule has 0 amide bonds. The molecule has 92 valence electrons. The Labute approximate surface area is 101 Å². The summed E-state index contributed by atoms with van der Waals surface area (Å²) < 4.78 is 0. The van der Waals surface area contributed by atoms with Gasteiger partial charge in [-0.15, -0.1) is 5.10 Å². The third kappa shape index (κ3) is 3.40. The molecule has 1 heterocycles. The van der Waals surface area contributed by atoms with Crippen LogP contribution in [0, 0.1) is 31.1 Å². The van der Waals surface area contributed by atoms with Crippen molar-refractivity contribution in [3.63, 3.8) is 0 Å². The van der Waals surface area contributed by atoms with E-state index in [-0.39, 0.29) is 6.61 Å². The number of aliphatic hydroxyl groups excluding tert-OH is 1. The van der Waals surface area contributed by atoms with Gasteiger partial charge in [0.1, 0.15) is 11.6 Å². The summed E-state index contributed by atoms with van der Waals surface area (Å²) in [5.74, 6) is 0.857. The highest BCUT2D eigenvalue weighted by molar-refractivity contribution is 5.55. The molecule has 1 rings (SSSR count). The van der Waals surface area contributed by atoms with Gasteiger partial charge in [-0.05, 0) is 31.7 Å². The minimum atomic E-state index is 0.173. The molecule has 2 N–H and O–H groups in total. The standard InChI is InChI=1S/C12H18N4O/c1-8(4-5-17)7-14-12-11(6-13)9(2)10(3)15-16-12/h8,17H,4-5,7H2,1-3H3,(H,14,16). The SMILES string of the molecule is Cc1nnc(NCC(C)CCO)c(C#N)c1C. The Morgan fingerprint density at radius 1 is 1.41 bits per heavy atom. The molecule has 1 aromatic heterocycles. The monoisotopic (exact) mass is 234 g/mol. The van der Waals surface area contributed by atoms with Gasteiger partial charge in [-0.25, -0.2) is 0 Å². The highest BCUT2D eigenvalue weighted by Gasteiger charge is 2.11. The second-order valence-electron chi connectivity index (χ2n) is 4.24. The maximum atomic E-state index is 9.09. The zero-order chi connectivity index (χ0) is 12.8. The number of nitrogens with zero attached hydrogens (tertiary/aromatic N) is 3. The number of aromatic nitrogens is 2. The van der Waals surface area contributed by atoms with Crippen LogP contribution in [-0.4, -0.2) is 28.5 Å². The van der Waals surface area contributed by atoms with Crippen molar-refractivity contribution in [3.05, 3.63) is 16.8 Å². The van der Waals surface area contributed by atoms with Gasteiger partial charge in [0.2, 0.25) is 0 Å². The lowest BCUT2D eigenvalue weighted by Crippen LogP contribution is -2.15. The molecule has 5 nitrogen and oxygen atoms in total. The maximum absolute atomic E-state index is 9.09. The van der Waals surface area contributed by atoms with E-state index in [1.807, 2.05) is 20.8 Å². The Morgan fingerprint density at radius 3 is 2.71 bits per heavy atom. The van der Waals surface area contributed by atoms with Crippen LogP contribution in [0.4, 0.5) is 5.82 Å². The first-order valence-corrected chi connectivity index (χ1v) is 5.68. The number of nitriles is 1. The molecule has 0 saturated carbocycles. The maximum Gasteiger partial charge on any atom is 0.166 e. The topological polar surface area (TPSA) is 81.8 Å². The molecule has 17 heavy (non-hydrogen) atoms. The van der Waals surface area contributed by atoms with Crippen molar-refractivity contribution in [1.29, 1.82) is 5.26 Å². The van der Waals surface area contributed by atoms with Crippen molar-refractivity contribution in [2.45, 2.75) is 27.2 Å². The van der Waals surface area contributed by atoms with Crippen LogP contribution >= 0.6 is 0 Å². The molecule has 0 spiro atoms. The first-order chi connectivity index (χ1) is 8.10. The number of anilines is 1. The molecular formula is C12H18N4O. The predicted octanol–water partition coefficient (Wildman–Crippen LogP) is 1.40. The number of nitrogens with one attached hydrogen (secondary N) is 1. The second-order valence-corrected chi connectivity index (χ2v) is 4.24. The Bertz CT molecular complexity index is 425. The van der Waals surface area contributed by atoms with Crippen molar-refractivity contribution in [2.24, 2.45) is 5.92 Å². The quantitative estimate of drug-likeness (QED) is 0.804. The van der Waals surface area contributed by atoms with E-state index >= 15 is 0 Å². The fourth-order valence-electron chi connectivity index (χ4n) is 1.46. The van der Waals surface area contributed by atoms with E-state index in [1.54, 1.807) is 0 Å². The van der Waals surface area contributed by atoms with Gasteiger partial charge in [0.15, 0.2) is 5.82 Å². The van der Waals surface area contributed by atoms with E-state index in [9.17, 15) is 0 Å². The average molecular weight is 234 g/mol. The summed E-state index contributed by atoms with van der Waals surface area (Å²) >= 11 is 0. The van der Waals surface area contributed by atoms with Crippen molar-refractivity contribution < 1.29 is 5.11 Å². The van der Waals surface area contributed by atoms with Crippen LogP contribution in [0.2, 0.25) is 0 Å². The highest BCUT2D eigenvalue weighted by atomic mass is 16.3. The van der Waals surface area contributed by atoms with Crippen LogP contribution in [0.3, 0.4) is 0 Å². The minimum absolute atomic E-state index is 0.173. The summed E-state index contributed by atoms with van der Waals surface area (Å²) in [6.07, 6.45) is 0.729. The molecular weight excluding hydrogens is 216 g/mol. The minimum Gasteiger partial charge on any atom is -0.396 e. The molecule has 0 bridgehead atoms. The first kappa shape index (κ1) is 13.4. The number of hydrogen-bond acceptors (Lipinski definition) is 5. The van der Waals surface area contributed by atoms with Crippen LogP contribution in [0.1, 0.15) is 30.2 Å². The smallest absolute Gasteiger partial charge is 0.166 e. The molecule has 1 unspecified atom stereocenters. The summed E-state index contributed by atoms with van der Waals surface area (Å²) in [7, 11) is 0. The average Bonchev–Trinajstić information content (AvgIpc) is 2.31. The molecule has 0 fully saturated rings. The van der Waals surface area contributed by atoms with E-state index in [4.69, 9.17) is 10.4 Å². The molecule has 0 radical (unpaired) electrons. The van der Waals surface area contributed by atoms with Gasteiger partial charge in [0.05, 0.1) is 5.69 Å². The normalized spacial score (nSPS) is 11.9. The van der Waals surface area contributed by atoms with Gasteiger partial charge >= 0.3 is 0 Å². The van der Waals surface area contributed by atoms with Gasteiger partial charge < -0.3 is 10.4 Å². The molecule has 1 atom stereocenters. The predicted molar refractivity (Wildman–Crippen MR) is 65.6 cm³/mol. The van der Waals surface area contributed by atoms with Gasteiger partial charge in [-0.1, -0.05) is 6.92 Å². The van der Waals surface area contributed by atoms with Crippen molar-refractivity contribution in [1.82, 2.24) is 10.2 Å². The Balaban J connectivity index is 2.79. The van der Waals surface area contributed by atoms with E-state index in [2.05, 4.69) is 21.6 Å². The molecule has 0 aliphatic rings. The number of rotatable bonds is 5. The number of hydrogen-bond donors (Lipinski definition) is 2. The van der Waals surface area contributed by atoms with Crippen LogP contribution in [-0.2, 0) is 0 Å². The van der Waals surface area contributed by atoms with Gasteiger partial charge in [0.25, 0.3) is 0 Å². The lowest BCUT2D eigenvalue weighted by molar-refractivity contribution is 0.266. The summed E-state index contributed by atoms with van der Waals surface area (Å²) in [5.41, 5.74) is 2.18. The van der Waals surface area contributed by atoms with Crippen LogP contribution in [0.15, 0.2) is 0 Å². The van der Waals surface area contributed by atoms with Crippen molar-refractivity contribution in [3.8, 4) is 6.07 Å². The van der Waals surface area contributed by atoms with E-state index in [0.29, 0.717) is 23.8 Å². The number of aryl methyl sites for hydroxylation is 1. The summed E-state index contributed by atoms with van der Waals surface area (Å²) in [6.45, 7) is 6.58. The van der Waals surface area contributed by atoms with Crippen LogP contribution < -0.4 is 5.32 Å². The fourth-order valence-corrected chi connectivity index (χ4v) is 1.46. The highest BCUT2D eigenvalue weighted by Crippen LogP contribution is 2.17. The number of aliphatic hydroxyl groups is 1. The fraction of sp³-hybridized carbons (Fsp3) is 0.583. The van der Waals surface area contributed by atoms with Crippen LogP contribution in [0.5, 0.6) is 0 Å². The molecule has 0 aliphatic carbocycles. The third-order valence-corrected chi connectivity index (χ3v) is 2.81. The van der Waals surface area contributed by atoms with E-state index < -0.39 is 0 Å². The first-order valence-electron chi connectivity index (χ1n) is 5.68. The molecule has 0 aliphatic heterocycles. The third-order valence-electron chi connectivity index (χ3n) is 2.81. The zero-order valence-electron chi connectivity index (χ0n) is 10.5. The Kier molecular flexibility index (Phi) is 4.85. The summed E-state index contributed by atoms with van der Waals surface area (Å²) in [4.78, 5) is 0. The van der Waals surface area contributed by atoms with E-state index in [1.165, 1.54) is 0 Å². The Morgan fingerprint density at radius 2 is 2.12 bits per heavy atom. The van der Waals surface area contributed by atoms with Gasteiger partial charge in [-0.2, -0.15) is 10.4 Å². The molecule has 1 aromatic rings. The van der Waals surface area contributed by atoms with Crippen LogP contribution in [0.25, 0.3) is 0 Å². The second kappa shape index (κ2) is 6.16. The van der Waals surface area contributed by atoms with Gasteiger partial charge in [-0.3, -0.25) is 0 Å². The van der Waals surface area contributed by atoms with Gasteiger partial charge in [0, 0.05) is 13.2 Å². The molecule has 0 aromatic carbocycles. The molecule has 0 saturated heterocycles. The lowest BCUT2D eigenvalue weighted by Gasteiger charge is -2.13. The lowest BCUT2D eigenvalue weighted by atomic mass is 10.1. The van der Waals surface area contributed by atoms with Crippen molar-refractivity contribution in [2.75, 3.05) is 18.5 Å². The zero-order valence-corrected chi connectivity index (χ0v) is 10.5.